The van der Waals surface area contributed by atoms with E-state index in [1.807, 2.05) is 26.0 Å². The number of aryl methyl sites for hydroxylation is 3. The first-order chi connectivity index (χ1) is 16.3. The second-order valence-corrected chi connectivity index (χ2v) is 12.1. The van der Waals surface area contributed by atoms with E-state index in [-0.39, 0.29) is 4.90 Å². The fourth-order valence-electron chi connectivity index (χ4n) is 3.62. The fourth-order valence-corrected chi connectivity index (χ4v) is 5.90. The van der Waals surface area contributed by atoms with E-state index in [9.17, 15) is 21.6 Å². The number of benzene rings is 3. The summed E-state index contributed by atoms with van der Waals surface area (Å²) in [5.41, 5.74) is 3.72. The highest BCUT2D eigenvalue weighted by molar-refractivity contribution is 7.92. The van der Waals surface area contributed by atoms with E-state index in [1.54, 1.807) is 37.3 Å². The van der Waals surface area contributed by atoms with Crippen molar-refractivity contribution in [3.8, 4) is 0 Å². The number of carbonyl (C=O) groups is 1. The van der Waals surface area contributed by atoms with Crippen molar-refractivity contribution in [2.45, 2.75) is 38.6 Å². The molecule has 1 amide bonds. The van der Waals surface area contributed by atoms with Gasteiger partial charge in [-0.2, -0.15) is 0 Å². The van der Waals surface area contributed by atoms with Crippen LogP contribution < -0.4 is 14.3 Å². The van der Waals surface area contributed by atoms with E-state index in [0.29, 0.717) is 17.1 Å². The molecule has 10 heteroatoms. The lowest BCUT2D eigenvalue weighted by atomic mass is 10.1. The minimum absolute atomic E-state index is 0.0261. The Morgan fingerprint density at radius 3 is 2.06 bits per heavy atom. The zero-order valence-electron chi connectivity index (χ0n) is 20.2. The van der Waals surface area contributed by atoms with Gasteiger partial charge in [0.05, 0.1) is 16.8 Å². The molecule has 0 saturated carbocycles. The topological polar surface area (TPSA) is 113 Å². The maximum atomic E-state index is 13.0. The summed E-state index contributed by atoms with van der Waals surface area (Å²) in [5, 5.41) is 2.67. The first-order valence-electron chi connectivity index (χ1n) is 10.8. The summed E-state index contributed by atoms with van der Waals surface area (Å²) in [6, 6.07) is 17.0. The molecule has 0 bridgehead atoms. The van der Waals surface area contributed by atoms with Gasteiger partial charge in [0.1, 0.15) is 6.04 Å². The molecule has 0 aromatic heterocycles. The molecule has 0 spiro atoms. The monoisotopic (exact) mass is 515 g/mol. The smallest absolute Gasteiger partial charge is 0.261 e. The van der Waals surface area contributed by atoms with Gasteiger partial charge >= 0.3 is 0 Å². The molecule has 3 aromatic carbocycles. The Labute approximate surface area is 207 Å². The van der Waals surface area contributed by atoms with Gasteiger partial charge in [-0.3, -0.25) is 13.8 Å². The summed E-state index contributed by atoms with van der Waals surface area (Å²) in [7, 11) is -7.59. The van der Waals surface area contributed by atoms with Gasteiger partial charge in [-0.25, -0.2) is 16.8 Å². The average molecular weight is 516 g/mol. The van der Waals surface area contributed by atoms with Crippen LogP contribution in [0.5, 0.6) is 0 Å². The van der Waals surface area contributed by atoms with E-state index < -0.39 is 32.0 Å². The van der Waals surface area contributed by atoms with Crippen LogP contribution in [-0.4, -0.2) is 35.0 Å². The van der Waals surface area contributed by atoms with Crippen LogP contribution in [0.15, 0.2) is 71.6 Å². The molecule has 1 atom stereocenters. The molecule has 8 nitrogen and oxygen atoms in total. The second-order valence-electron chi connectivity index (χ2n) is 8.51. The van der Waals surface area contributed by atoms with Gasteiger partial charge < -0.3 is 5.32 Å². The van der Waals surface area contributed by atoms with Crippen LogP contribution in [0.4, 0.5) is 17.1 Å². The molecule has 35 heavy (non-hydrogen) atoms. The van der Waals surface area contributed by atoms with Gasteiger partial charge in [-0.15, -0.1) is 0 Å². The number of carbonyl (C=O) groups excluding carboxylic acids is 1. The third kappa shape index (κ3) is 6.40. The van der Waals surface area contributed by atoms with Crippen LogP contribution in [0.3, 0.4) is 0 Å². The molecule has 0 aliphatic carbocycles. The Kier molecular flexibility index (Phi) is 7.56. The molecule has 0 radical (unpaired) electrons. The third-order valence-corrected chi connectivity index (χ3v) is 8.02. The van der Waals surface area contributed by atoms with Gasteiger partial charge in [0, 0.05) is 11.4 Å². The van der Waals surface area contributed by atoms with Crippen molar-refractivity contribution in [1.29, 1.82) is 0 Å². The number of hydrogen-bond acceptors (Lipinski definition) is 5. The molecule has 0 aliphatic rings. The Bertz CT molecular complexity index is 1450. The SMILES string of the molecule is Cc1cccc(NS(=O)(=O)c2ccc(NC(=O)[C@H](C)N(c3cc(C)ccc3C)S(C)(=O)=O)cc2)c1. The van der Waals surface area contributed by atoms with Crippen LogP contribution in [0.2, 0.25) is 0 Å². The molecule has 2 N–H and O–H groups in total. The van der Waals surface area contributed by atoms with E-state index in [2.05, 4.69) is 10.0 Å². The van der Waals surface area contributed by atoms with Crippen LogP contribution in [0, 0.1) is 20.8 Å². The summed E-state index contributed by atoms with van der Waals surface area (Å²) >= 11 is 0. The molecular weight excluding hydrogens is 486 g/mol. The van der Waals surface area contributed by atoms with Gasteiger partial charge in [0.25, 0.3) is 10.0 Å². The van der Waals surface area contributed by atoms with Crippen molar-refractivity contribution >= 4 is 43.0 Å². The van der Waals surface area contributed by atoms with E-state index in [1.165, 1.54) is 31.2 Å². The minimum Gasteiger partial charge on any atom is -0.324 e. The first kappa shape index (κ1) is 26.2. The third-order valence-electron chi connectivity index (χ3n) is 5.39. The summed E-state index contributed by atoms with van der Waals surface area (Å²) < 4.78 is 54.2. The fraction of sp³-hybridized carbons (Fsp3) is 0.240. The largest absolute Gasteiger partial charge is 0.324 e. The predicted octanol–water partition coefficient (Wildman–Crippen LogP) is 4.21. The van der Waals surface area contributed by atoms with E-state index in [4.69, 9.17) is 0 Å². The van der Waals surface area contributed by atoms with Crippen LogP contribution >= 0.6 is 0 Å². The lowest BCUT2D eigenvalue weighted by Gasteiger charge is -2.29. The quantitative estimate of drug-likeness (QED) is 0.467. The Balaban J connectivity index is 1.79. The van der Waals surface area contributed by atoms with Crippen molar-refractivity contribution < 1.29 is 21.6 Å². The van der Waals surface area contributed by atoms with E-state index >= 15 is 0 Å². The maximum absolute atomic E-state index is 13.0. The van der Waals surface area contributed by atoms with Crippen LogP contribution in [0.1, 0.15) is 23.6 Å². The van der Waals surface area contributed by atoms with Crippen molar-refractivity contribution in [3.63, 3.8) is 0 Å². The van der Waals surface area contributed by atoms with Gasteiger partial charge in [0.15, 0.2) is 0 Å². The first-order valence-corrected chi connectivity index (χ1v) is 14.2. The number of nitrogens with zero attached hydrogens (tertiary/aromatic N) is 1. The minimum atomic E-state index is -3.82. The van der Waals surface area contributed by atoms with Crippen molar-refractivity contribution in [1.82, 2.24) is 0 Å². The second kappa shape index (κ2) is 10.1. The molecule has 3 aromatic rings. The van der Waals surface area contributed by atoms with Crippen molar-refractivity contribution in [2.24, 2.45) is 0 Å². The highest BCUT2D eigenvalue weighted by atomic mass is 32.2. The van der Waals surface area contributed by atoms with Crippen molar-refractivity contribution in [2.75, 3.05) is 20.6 Å². The standard InChI is InChI=1S/C25H29N3O5S2/c1-17-7-6-8-22(15-17)27-35(32,33)23-13-11-21(12-14-23)26-25(29)20(4)28(34(5,30)31)24-16-18(2)9-10-19(24)3/h6-16,20,27H,1-5H3,(H,26,29)/t20-/m0/s1. The summed E-state index contributed by atoms with van der Waals surface area (Å²) in [5.74, 6) is -0.551. The van der Waals surface area contributed by atoms with Gasteiger partial charge in [0.2, 0.25) is 15.9 Å². The molecule has 3 rings (SSSR count). The predicted molar refractivity (Wildman–Crippen MR) is 140 cm³/mol. The van der Waals surface area contributed by atoms with Crippen molar-refractivity contribution in [3.05, 3.63) is 83.4 Å². The number of sulfonamides is 2. The normalized spacial score (nSPS) is 12.6. The Morgan fingerprint density at radius 2 is 1.46 bits per heavy atom. The zero-order chi connectivity index (χ0) is 26.0. The highest BCUT2D eigenvalue weighted by Crippen LogP contribution is 2.27. The number of nitrogens with one attached hydrogen (secondary N) is 2. The molecule has 0 saturated heterocycles. The van der Waals surface area contributed by atoms with Gasteiger partial charge in [-0.1, -0.05) is 24.3 Å². The summed E-state index contributed by atoms with van der Waals surface area (Å²) in [6.07, 6.45) is 1.05. The number of amides is 1. The molecule has 0 aliphatic heterocycles. The van der Waals surface area contributed by atoms with Crippen LogP contribution in [-0.2, 0) is 24.8 Å². The molecular formula is C25H29N3O5S2. The zero-order valence-corrected chi connectivity index (χ0v) is 21.9. The summed E-state index contributed by atoms with van der Waals surface area (Å²) in [6.45, 7) is 6.99. The van der Waals surface area contributed by atoms with E-state index in [0.717, 1.165) is 27.3 Å². The molecule has 0 heterocycles. The Hall–Kier alpha value is -3.37. The van der Waals surface area contributed by atoms with Crippen LogP contribution in [0.25, 0.3) is 0 Å². The molecule has 0 fully saturated rings. The number of rotatable bonds is 8. The van der Waals surface area contributed by atoms with Gasteiger partial charge in [-0.05, 0) is 86.8 Å². The molecule has 186 valence electrons. The number of anilines is 3. The number of hydrogen-bond donors (Lipinski definition) is 2. The molecule has 0 unspecified atom stereocenters. The highest BCUT2D eigenvalue weighted by Gasteiger charge is 2.30. The lowest BCUT2D eigenvalue weighted by Crippen LogP contribution is -2.45. The summed E-state index contributed by atoms with van der Waals surface area (Å²) in [4.78, 5) is 13.0. The Morgan fingerprint density at radius 1 is 0.829 bits per heavy atom. The average Bonchev–Trinajstić information content (AvgIpc) is 2.75. The lowest BCUT2D eigenvalue weighted by molar-refractivity contribution is -0.116. The maximum Gasteiger partial charge on any atom is 0.261 e.